The van der Waals surface area contributed by atoms with Crippen LogP contribution in [0.2, 0.25) is 0 Å². The Hall–Kier alpha value is -2.14. The van der Waals surface area contributed by atoms with Crippen molar-refractivity contribution in [3.8, 4) is 0 Å². The molecule has 0 atom stereocenters. The molecule has 1 saturated carbocycles. The first kappa shape index (κ1) is 18.6. The van der Waals surface area contributed by atoms with Crippen LogP contribution in [-0.2, 0) is 16.1 Å². The fourth-order valence-electron chi connectivity index (χ4n) is 3.46. The topological polar surface area (TPSA) is 43.4 Å². The molecule has 136 valence electrons. The van der Waals surface area contributed by atoms with E-state index in [0.717, 1.165) is 11.3 Å². The monoisotopic (exact) mass is 372 g/mol. The summed E-state index contributed by atoms with van der Waals surface area (Å²) in [6.45, 7) is 0.144. The van der Waals surface area contributed by atoms with Gasteiger partial charge in [0, 0.05) is 5.56 Å². The fraction of sp³-hybridized carbons (Fsp3) is 0.333. The summed E-state index contributed by atoms with van der Waals surface area (Å²) in [5, 5.41) is 0. The molecule has 3 nitrogen and oxygen atoms in total. The normalized spacial score (nSPS) is 21.7. The summed E-state index contributed by atoms with van der Waals surface area (Å²) in [7, 11) is 0. The molecule has 5 heteroatoms. The molecule has 2 aromatic carbocycles. The fourth-order valence-corrected chi connectivity index (χ4v) is 4.17. The molecule has 1 fully saturated rings. The number of rotatable bonds is 7. The van der Waals surface area contributed by atoms with Gasteiger partial charge in [0.05, 0.1) is 0 Å². The summed E-state index contributed by atoms with van der Waals surface area (Å²) < 4.78 is 18.7. The number of benzene rings is 2. The highest BCUT2D eigenvalue weighted by Crippen LogP contribution is 2.50. The highest BCUT2D eigenvalue weighted by atomic mass is 32.2. The van der Waals surface area contributed by atoms with Crippen molar-refractivity contribution in [2.45, 2.75) is 19.4 Å². The smallest absolute Gasteiger partial charge is 0.320 e. The minimum Gasteiger partial charge on any atom is -0.460 e. The highest BCUT2D eigenvalue weighted by Gasteiger charge is 2.56. The number of ether oxygens (including phenoxy) is 1. The first-order valence-electron chi connectivity index (χ1n) is 8.55. The first-order chi connectivity index (χ1) is 12.5. The Morgan fingerprint density at radius 2 is 1.77 bits per heavy atom. The minimum absolute atomic E-state index is 0.144. The standard InChI is InChI=1S/C21H21FO3S/c1-26-14-16-11-21(12-16,19(23)17-7-9-18(22)10-8-17)20(24)25-13-15-5-3-2-4-6-15/h2-10,16H,11-14H2,1H3. The summed E-state index contributed by atoms with van der Waals surface area (Å²) >= 11 is 1.70. The second-order valence-corrected chi connectivity index (χ2v) is 7.62. The molecule has 0 N–H and O–H groups in total. The molecular formula is C21H21FO3S. The van der Waals surface area contributed by atoms with Crippen LogP contribution in [-0.4, -0.2) is 23.8 Å². The van der Waals surface area contributed by atoms with Crippen LogP contribution in [0.1, 0.15) is 28.8 Å². The van der Waals surface area contributed by atoms with Crippen molar-refractivity contribution in [2.75, 3.05) is 12.0 Å². The van der Waals surface area contributed by atoms with Crippen molar-refractivity contribution in [3.05, 3.63) is 71.5 Å². The second kappa shape index (κ2) is 8.04. The third kappa shape index (κ3) is 3.83. The van der Waals surface area contributed by atoms with Crippen molar-refractivity contribution >= 4 is 23.5 Å². The van der Waals surface area contributed by atoms with E-state index >= 15 is 0 Å². The molecule has 1 aliphatic rings. The molecule has 1 aliphatic carbocycles. The lowest BCUT2D eigenvalue weighted by Crippen LogP contribution is -2.51. The first-order valence-corrected chi connectivity index (χ1v) is 9.95. The zero-order chi connectivity index (χ0) is 18.6. The van der Waals surface area contributed by atoms with Crippen molar-refractivity contribution in [3.63, 3.8) is 0 Å². The van der Waals surface area contributed by atoms with Crippen LogP contribution in [0.3, 0.4) is 0 Å². The van der Waals surface area contributed by atoms with Crippen LogP contribution < -0.4 is 0 Å². The maximum absolute atomic E-state index is 13.2. The molecule has 2 aromatic rings. The van der Waals surface area contributed by atoms with Crippen molar-refractivity contribution in [2.24, 2.45) is 11.3 Å². The third-order valence-corrected chi connectivity index (χ3v) is 5.63. The number of hydrogen-bond acceptors (Lipinski definition) is 4. The molecule has 0 radical (unpaired) electrons. The van der Waals surface area contributed by atoms with Crippen molar-refractivity contribution in [1.29, 1.82) is 0 Å². The number of ketones is 1. The number of carbonyl (C=O) groups is 2. The lowest BCUT2D eigenvalue weighted by Gasteiger charge is -2.44. The Morgan fingerprint density at radius 1 is 1.12 bits per heavy atom. The SMILES string of the molecule is CSCC1CC(C(=O)OCc2ccccc2)(C(=O)c2ccc(F)cc2)C1. The van der Waals surface area contributed by atoms with Crippen LogP contribution in [0.25, 0.3) is 0 Å². The number of Topliss-reactive ketones (excluding diaryl/α,β-unsaturated/α-hetero) is 1. The third-order valence-electron chi connectivity index (χ3n) is 4.82. The predicted molar refractivity (Wildman–Crippen MR) is 101 cm³/mol. The Balaban J connectivity index is 1.76. The molecular weight excluding hydrogens is 351 g/mol. The van der Waals surface area contributed by atoms with Crippen molar-refractivity contribution in [1.82, 2.24) is 0 Å². The number of halogens is 1. The van der Waals surface area contributed by atoms with E-state index in [2.05, 4.69) is 0 Å². The van der Waals surface area contributed by atoms with Gasteiger partial charge in [-0.25, -0.2) is 4.39 Å². The van der Waals surface area contributed by atoms with Crippen molar-refractivity contribution < 1.29 is 18.7 Å². The molecule has 0 saturated heterocycles. The highest BCUT2D eigenvalue weighted by molar-refractivity contribution is 7.98. The maximum atomic E-state index is 13.2. The average molecular weight is 372 g/mol. The lowest BCUT2D eigenvalue weighted by molar-refractivity contribution is -0.161. The summed E-state index contributed by atoms with van der Waals surface area (Å²) in [4.78, 5) is 25.9. The Morgan fingerprint density at radius 3 is 2.38 bits per heavy atom. The zero-order valence-corrected chi connectivity index (χ0v) is 15.4. The molecule has 26 heavy (non-hydrogen) atoms. The van der Waals surface area contributed by atoms with Crippen LogP contribution in [0, 0.1) is 17.2 Å². The lowest BCUT2D eigenvalue weighted by atomic mass is 9.59. The van der Waals surface area contributed by atoms with Gasteiger partial charge in [-0.05, 0) is 60.6 Å². The number of thioether (sulfide) groups is 1. The van der Waals surface area contributed by atoms with E-state index in [1.807, 2.05) is 36.6 Å². The second-order valence-electron chi connectivity index (χ2n) is 6.71. The van der Waals surface area contributed by atoms with Gasteiger partial charge < -0.3 is 4.74 Å². The van der Waals surface area contributed by atoms with Gasteiger partial charge in [0.25, 0.3) is 0 Å². The quantitative estimate of drug-likeness (QED) is 0.407. The van der Waals surface area contributed by atoms with Gasteiger partial charge in [0.15, 0.2) is 5.78 Å². The summed E-state index contributed by atoms with van der Waals surface area (Å²) in [5.41, 5.74) is 0.0865. The van der Waals surface area contributed by atoms with Gasteiger partial charge in [0.2, 0.25) is 0 Å². The molecule has 0 amide bonds. The maximum Gasteiger partial charge on any atom is 0.320 e. The van der Waals surface area contributed by atoms with Gasteiger partial charge in [-0.3, -0.25) is 9.59 Å². The molecule has 0 unspecified atom stereocenters. The van der Waals surface area contributed by atoms with Crippen LogP contribution in [0.15, 0.2) is 54.6 Å². The predicted octanol–water partition coefficient (Wildman–Crippen LogP) is 4.51. The van der Waals surface area contributed by atoms with Crippen LogP contribution in [0.5, 0.6) is 0 Å². The molecule has 0 aromatic heterocycles. The van der Waals surface area contributed by atoms with Gasteiger partial charge >= 0.3 is 5.97 Å². The van der Waals surface area contributed by atoms with Gasteiger partial charge in [0.1, 0.15) is 17.8 Å². The van der Waals surface area contributed by atoms with Crippen LogP contribution >= 0.6 is 11.8 Å². The Labute approximate surface area is 156 Å². The molecule has 3 rings (SSSR count). The van der Waals surface area contributed by atoms with E-state index in [9.17, 15) is 14.0 Å². The Kier molecular flexibility index (Phi) is 5.77. The molecule has 0 heterocycles. The van der Waals surface area contributed by atoms with Gasteiger partial charge in [-0.2, -0.15) is 11.8 Å². The van der Waals surface area contributed by atoms with E-state index in [1.165, 1.54) is 24.3 Å². The molecule has 0 bridgehead atoms. The number of hydrogen-bond donors (Lipinski definition) is 0. The average Bonchev–Trinajstić information content (AvgIpc) is 2.63. The number of carbonyl (C=O) groups excluding carboxylic acids is 2. The van der Waals surface area contributed by atoms with Crippen LogP contribution in [0.4, 0.5) is 4.39 Å². The molecule has 0 aliphatic heterocycles. The van der Waals surface area contributed by atoms with E-state index in [1.54, 1.807) is 11.8 Å². The molecule has 0 spiro atoms. The Bertz CT molecular complexity index is 768. The van der Waals surface area contributed by atoms with E-state index in [0.29, 0.717) is 24.3 Å². The van der Waals surface area contributed by atoms with E-state index < -0.39 is 17.2 Å². The van der Waals surface area contributed by atoms with Gasteiger partial charge in [-0.15, -0.1) is 0 Å². The summed E-state index contributed by atoms with van der Waals surface area (Å²) in [5.74, 6) is 0.0699. The van der Waals surface area contributed by atoms with E-state index in [4.69, 9.17) is 4.74 Å². The summed E-state index contributed by atoms with van der Waals surface area (Å²) in [6, 6.07) is 14.8. The van der Waals surface area contributed by atoms with E-state index in [-0.39, 0.29) is 12.4 Å². The largest absolute Gasteiger partial charge is 0.460 e. The zero-order valence-electron chi connectivity index (χ0n) is 14.6. The van der Waals surface area contributed by atoms with Gasteiger partial charge in [-0.1, -0.05) is 30.3 Å². The summed E-state index contributed by atoms with van der Waals surface area (Å²) in [6.07, 6.45) is 2.98. The minimum atomic E-state index is -1.15. The number of esters is 1.